The fourth-order valence-corrected chi connectivity index (χ4v) is 4.66. The molecule has 0 saturated carbocycles. The molecule has 0 aliphatic carbocycles. The number of thiophene rings is 1. The quantitative estimate of drug-likeness (QED) is 0.387. The van der Waals surface area contributed by atoms with Crippen molar-refractivity contribution >= 4 is 54.6 Å². The topological polar surface area (TPSA) is 6.02 Å². The minimum Gasteiger partial charge on any atom is -0.135 e. The van der Waals surface area contributed by atoms with Crippen molar-refractivity contribution in [1.29, 1.82) is 0 Å². The van der Waals surface area contributed by atoms with Crippen LogP contribution in [0.5, 0.6) is 0 Å². The Labute approximate surface area is 150 Å². The highest BCUT2D eigenvalue weighted by Gasteiger charge is 2.36. The van der Waals surface area contributed by atoms with E-state index < -0.39 is 0 Å². The number of fused-ring (bicyclic) bond motifs is 4. The first-order chi connectivity index (χ1) is 12.2. The molecule has 3 heteroatoms. The third-order valence-corrected chi connectivity index (χ3v) is 5.86. The number of para-hydroxylation sites is 2. The van der Waals surface area contributed by atoms with Crippen LogP contribution in [0.15, 0.2) is 66.7 Å². The Kier molecular flexibility index (Phi) is 3.14. The average molecular weight is 342 g/mol. The number of benzene rings is 3. The van der Waals surface area contributed by atoms with Crippen molar-refractivity contribution in [1.82, 2.24) is 4.58 Å². The standard InChI is InChI=1S/C22H18N2S/c1-15(2)23-14-24(20-9-5-4-8-19(20)23)16-11-12-18-17-7-3-6-10-21(17)25-22(18)13-16/h3-13,15H,1-2H3/q+2. The molecule has 5 rings (SSSR count). The van der Waals surface area contributed by atoms with Gasteiger partial charge in [0.15, 0.2) is 6.04 Å². The lowest BCUT2D eigenvalue weighted by atomic mass is 10.1. The second-order valence-electron chi connectivity index (χ2n) is 6.67. The Balaban J connectivity index is 1.75. The van der Waals surface area contributed by atoms with E-state index in [0.29, 0.717) is 6.04 Å². The van der Waals surface area contributed by atoms with Crippen LogP contribution in [0.3, 0.4) is 0 Å². The van der Waals surface area contributed by atoms with Crippen LogP contribution in [-0.4, -0.2) is 16.6 Å². The van der Waals surface area contributed by atoms with E-state index in [9.17, 15) is 0 Å². The minimum atomic E-state index is 0.374. The molecule has 1 aliphatic rings. The summed E-state index contributed by atoms with van der Waals surface area (Å²) in [5.74, 6) is 0. The van der Waals surface area contributed by atoms with Crippen LogP contribution >= 0.6 is 11.3 Å². The summed E-state index contributed by atoms with van der Waals surface area (Å²) in [4.78, 5) is 0. The lowest BCUT2D eigenvalue weighted by Crippen LogP contribution is -2.12. The largest absolute Gasteiger partial charge is 0.496 e. The van der Waals surface area contributed by atoms with Gasteiger partial charge >= 0.3 is 6.01 Å². The highest BCUT2D eigenvalue weighted by atomic mass is 32.1. The van der Waals surface area contributed by atoms with Crippen molar-refractivity contribution in [2.45, 2.75) is 19.9 Å². The molecule has 0 spiro atoms. The summed E-state index contributed by atoms with van der Waals surface area (Å²) in [6.45, 7) is 4.39. The summed E-state index contributed by atoms with van der Waals surface area (Å²) in [5.41, 5.74) is 3.57. The Morgan fingerprint density at radius 2 is 1.52 bits per heavy atom. The van der Waals surface area contributed by atoms with Crippen LogP contribution in [0.2, 0.25) is 0 Å². The van der Waals surface area contributed by atoms with Gasteiger partial charge in [-0.1, -0.05) is 34.9 Å². The Hall–Kier alpha value is -2.74. The first kappa shape index (κ1) is 14.6. The zero-order valence-corrected chi connectivity index (χ0v) is 15.0. The van der Waals surface area contributed by atoms with Gasteiger partial charge in [-0.25, -0.2) is 0 Å². The van der Waals surface area contributed by atoms with Gasteiger partial charge in [0.25, 0.3) is 11.4 Å². The van der Waals surface area contributed by atoms with Gasteiger partial charge in [-0.2, -0.15) is 0 Å². The molecule has 0 saturated heterocycles. The second-order valence-corrected chi connectivity index (χ2v) is 7.75. The lowest BCUT2D eigenvalue weighted by Gasteiger charge is -1.97. The maximum absolute atomic E-state index is 3.54. The van der Waals surface area contributed by atoms with Crippen molar-refractivity contribution < 1.29 is 4.58 Å². The summed E-state index contributed by atoms with van der Waals surface area (Å²) in [5, 5.41) is 2.67. The minimum absolute atomic E-state index is 0.374. The zero-order chi connectivity index (χ0) is 17.0. The molecule has 2 nitrogen and oxygen atoms in total. The van der Waals surface area contributed by atoms with E-state index in [0.717, 1.165) is 5.69 Å². The molecule has 0 radical (unpaired) electrons. The van der Waals surface area contributed by atoms with E-state index in [1.807, 2.05) is 11.3 Å². The number of nitrogens with zero attached hydrogens (tertiary/aromatic N) is 2. The number of hydrogen-bond donors (Lipinski definition) is 0. The summed E-state index contributed by atoms with van der Waals surface area (Å²) in [6, 6.07) is 27.8. The van der Waals surface area contributed by atoms with Crippen molar-refractivity contribution in [2.75, 3.05) is 0 Å². The maximum atomic E-state index is 3.54. The fraction of sp³-hybridized carbons (Fsp3) is 0.136. The smallest absolute Gasteiger partial charge is 0.135 e. The fourth-order valence-electron chi connectivity index (χ4n) is 3.52. The summed E-state index contributed by atoms with van der Waals surface area (Å²) in [6.07, 6.45) is 0. The summed E-state index contributed by atoms with van der Waals surface area (Å²) < 4.78 is 7.05. The molecule has 2 heterocycles. The van der Waals surface area contributed by atoms with Gasteiger partial charge < -0.3 is 0 Å². The number of hydrogen-bond acceptors (Lipinski definition) is 1. The van der Waals surface area contributed by atoms with E-state index in [1.54, 1.807) is 0 Å². The predicted molar refractivity (Wildman–Crippen MR) is 107 cm³/mol. The molecule has 1 aromatic heterocycles. The van der Waals surface area contributed by atoms with Gasteiger partial charge in [-0.05, 0) is 30.6 Å². The van der Waals surface area contributed by atoms with E-state index in [4.69, 9.17) is 0 Å². The van der Waals surface area contributed by atoms with Crippen LogP contribution in [-0.2, 0) is 0 Å². The van der Waals surface area contributed by atoms with Crippen molar-refractivity contribution in [3.05, 3.63) is 66.7 Å². The van der Waals surface area contributed by atoms with Crippen LogP contribution in [0, 0.1) is 0 Å². The molecular formula is C22H18N2S+2. The van der Waals surface area contributed by atoms with Crippen LogP contribution < -0.4 is 4.58 Å². The Morgan fingerprint density at radius 1 is 0.800 bits per heavy atom. The van der Waals surface area contributed by atoms with Gasteiger partial charge in [-0.3, -0.25) is 0 Å². The molecule has 3 aromatic carbocycles. The van der Waals surface area contributed by atoms with Gasteiger partial charge in [0.2, 0.25) is 5.69 Å². The van der Waals surface area contributed by atoms with Crippen molar-refractivity contribution in [3.63, 3.8) is 0 Å². The molecule has 0 N–H and O–H groups in total. The van der Waals surface area contributed by atoms with Gasteiger partial charge in [0, 0.05) is 44.4 Å². The normalized spacial score (nSPS) is 13.4. The highest BCUT2D eigenvalue weighted by Crippen LogP contribution is 2.38. The molecular weight excluding hydrogens is 324 g/mol. The monoisotopic (exact) mass is 342 g/mol. The third kappa shape index (κ3) is 2.17. The average Bonchev–Trinajstić information content (AvgIpc) is 3.19. The SMILES string of the molecule is CC(C)[N+]1=C=[N+](c2ccc3c(c2)sc2ccccc23)c2ccccc21. The van der Waals surface area contributed by atoms with Crippen LogP contribution in [0.25, 0.3) is 20.2 Å². The lowest BCUT2D eigenvalue weighted by molar-refractivity contribution is -0.466. The molecule has 0 amide bonds. The van der Waals surface area contributed by atoms with Crippen molar-refractivity contribution in [3.8, 4) is 0 Å². The van der Waals surface area contributed by atoms with Crippen LogP contribution in [0.1, 0.15) is 13.8 Å². The molecule has 25 heavy (non-hydrogen) atoms. The van der Waals surface area contributed by atoms with E-state index in [2.05, 4.69) is 95.7 Å². The highest BCUT2D eigenvalue weighted by molar-refractivity contribution is 7.25. The predicted octanol–water partition coefficient (Wildman–Crippen LogP) is 6.13. The molecule has 4 aromatic rings. The zero-order valence-electron chi connectivity index (χ0n) is 14.2. The Morgan fingerprint density at radius 3 is 2.36 bits per heavy atom. The molecule has 1 aliphatic heterocycles. The van der Waals surface area contributed by atoms with Crippen LogP contribution in [0.4, 0.5) is 17.1 Å². The molecule has 0 bridgehead atoms. The molecule has 0 fully saturated rings. The molecule has 0 unspecified atom stereocenters. The first-order valence-corrected chi connectivity index (χ1v) is 9.40. The molecule has 120 valence electrons. The third-order valence-electron chi connectivity index (χ3n) is 4.73. The Bertz CT molecular complexity index is 1210. The maximum Gasteiger partial charge on any atom is 0.496 e. The van der Waals surface area contributed by atoms with E-state index in [1.165, 1.54) is 31.5 Å². The second kappa shape index (κ2) is 5.38. The summed E-state index contributed by atoms with van der Waals surface area (Å²) >= 11 is 1.85. The summed E-state index contributed by atoms with van der Waals surface area (Å²) in [7, 11) is 0. The van der Waals surface area contributed by atoms with Crippen molar-refractivity contribution in [2.24, 2.45) is 0 Å². The first-order valence-electron chi connectivity index (χ1n) is 8.58. The van der Waals surface area contributed by atoms with Gasteiger partial charge in [-0.15, -0.1) is 11.3 Å². The van der Waals surface area contributed by atoms with E-state index >= 15 is 0 Å². The van der Waals surface area contributed by atoms with Gasteiger partial charge in [0.05, 0.1) is 0 Å². The number of rotatable bonds is 2. The molecule has 0 atom stereocenters. The van der Waals surface area contributed by atoms with Gasteiger partial charge in [0.1, 0.15) is 0 Å². The van der Waals surface area contributed by atoms with E-state index in [-0.39, 0.29) is 0 Å².